The Bertz CT molecular complexity index is 444. The number of thioether (sulfide) groups is 3. The molecule has 0 spiro atoms. The monoisotopic (exact) mass is 299 g/mol. The van der Waals surface area contributed by atoms with E-state index in [2.05, 4.69) is 33.7 Å². The zero-order valence-electron chi connectivity index (χ0n) is 10.9. The molecule has 0 bridgehead atoms. The first kappa shape index (κ1) is 15.5. The summed E-state index contributed by atoms with van der Waals surface area (Å²) in [6.45, 7) is 0. The van der Waals surface area contributed by atoms with E-state index in [4.69, 9.17) is 0 Å². The van der Waals surface area contributed by atoms with Gasteiger partial charge >= 0.3 is 0 Å². The highest BCUT2D eigenvalue weighted by atomic mass is 32.2. The van der Waals surface area contributed by atoms with Crippen molar-refractivity contribution in [3.05, 3.63) is 24.3 Å². The lowest BCUT2D eigenvalue weighted by atomic mass is 10.3. The van der Waals surface area contributed by atoms with Gasteiger partial charge in [0.1, 0.15) is 0 Å². The molecule has 1 N–H and O–H groups in total. The van der Waals surface area contributed by atoms with Crippen LogP contribution in [0, 0.1) is 0 Å². The lowest BCUT2D eigenvalue weighted by Gasteiger charge is -2.08. The molecule has 0 aliphatic carbocycles. The molecule has 18 heavy (non-hydrogen) atoms. The fraction of sp³-hybridized carbons (Fsp3) is 0.333. The number of benzene rings is 1. The van der Waals surface area contributed by atoms with Gasteiger partial charge < -0.3 is 5.32 Å². The summed E-state index contributed by atoms with van der Waals surface area (Å²) in [6.07, 6.45) is 6.04. The molecule has 3 nitrogen and oxygen atoms in total. The molecule has 98 valence electrons. The zero-order valence-corrected chi connectivity index (χ0v) is 13.4. The topological polar surface area (TPSA) is 36.8 Å². The second-order valence-electron chi connectivity index (χ2n) is 3.19. The maximum Gasteiger partial charge on any atom is 0.184 e. The van der Waals surface area contributed by atoms with E-state index >= 15 is 0 Å². The van der Waals surface area contributed by atoms with E-state index in [0.717, 1.165) is 16.0 Å². The summed E-state index contributed by atoms with van der Waals surface area (Å²) in [4.78, 5) is 9.79. The summed E-state index contributed by atoms with van der Waals surface area (Å²) in [7, 11) is 1.75. The second-order valence-corrected chi connectivity index (χ2v) is 5.64. The fourth-order valence-corrected chi connectivity index (χ4v) is 2.50. The van der Waals surface area contributed by atoms with Crippen LogP contribution in [0.4, 0.5) is 5.69 Å². The first-order valence-electron chi connectivity index (χ1n) is 5.28. The highest BCUT2D eigenvalue weighted by molar-refractivity contribution is 8.15. The van der Waals surface area contributed by atoms with Crippen LogP contribution < -0.4 is 5.32 Å². The minimum absolute atomic E-state index is 0.771. The van der Waals surface area contributed by atoms with Crippen molar-refractivity contribution in [2.75, 3.05) is 31.1 Å². The van der Waals surface area contributed by atoms with E-state index in [1.165, 1.54) is 16.7 Å². The van der Waals surface area contributed by atoms with Gasteiger partial charge in [-0.25, -0.2) is 0 Å². The van der Waals surface area contributed by atoms with Crippen LogP contribution in [0.5, 0.6) is 0 Å². The number of hydrogen-bond donors (Lipinski definition) is 1. The highest BCUT2D eigenvalue weighted by Gasteiger charge is 2.01. The third-order valence-electron chi connectivity index (χ3n) is 2.09. The van der Waals surface area contributed by atoms with Gasteiger partial charge in [0.25, 0.3) is 0 Å². The van der Waals surface area contributed by atoms with Crippen molar-refractivity contribution in [1.82, 2.24) is 0 Å². The number of nitrogens with zero attached hydrogens (tertiary/aromatic N) is 2. The van der Waals surface area contributed by atoms with E-state index in [1.807, 2.05) is 24.6 Å². The third kappa shape index (κ3) is 4.96. The first-order chi connectivity index (χ1) is 8.73. The van der Waals surface area contributed by atoms with Crippen LogP contribution in [0.15, 0.2) is 39.1 Å². The molecular formula is C12H17N3S3. The minimum atomic E-state index is 0.771. The lowest BCUT2D eigenvalue weighted by molar-refractivity contribution is 1.43. The van der Waals surface area contributed by atoms with E-state index in [1.54, 1.807) is 30.6 Å². The Morgan fingerprint density at radius 3 is 2.50 bits per heavy atom. The largest absolute Gasteiger partial charge is 0.335 e. The van der Waals surface area contributed by atoms with E-state index in [0.29, 0.717) is 0 Å². The Hall–Kier alpha value is -0.590. The summed E-state index contributed by atoms with van der Waals surface area (Å²) in [6, 6.07) is 8.27. The molecule has 1 rings (SSSR count). The van der Waals surface area contributed by atoms with E-state index in [-0.39, 0.29) is 0 Å². The predicted molar refractivity (Wildman–Crippen MR) is 89.7 cm³/mol. The molecule has 1 aromatic carbocycles. The molecule has 1 aromatic rings. The van der Waals surface area contributed by atoms with Crippen LogP contribution >= 0.6 is 35.3 Å². The van der Waals surface area contributed by atoms with Gasteiger partial charge in [0.15, 0.2) is 10.3 Å². The molecule has 0 unspecified atom stereocenters. The van der Waals surface area contributed by atoms with E-state index in [9.17, 15) is 0 Å². The second kappa shape index (κ2) is 8.50. The molecule has 0 saturated heterocycles. The molecule has 6 heteroatoms. The Kier molecular flexibility index (Phi) is 7.31. The van der Waals surface area contributed by atoms with Gasteiger partial charge in [0.05, 0.1) is 0 Å². The average Bonchev–Trinajstić information content (AvgIpc) is 2.43. The molecule has 0 fully saturated rings. The maximum atomic E-state index is 4.46. The van der Waals surface area contributed by atoms with Crippen LogP contribution in [0.1, 0.15) is 0 Å². The van der Waals surface area contributed by atoms with Gasteiger partial charge in [-0.15, -0.1) is 11.8 Å². The number of anilines is 1. The third-order valence-corrected chi connectivity index (χ3v) is 4.03. The van der Waals surface area contributed by atoms with E-state index < -0.39 is 0 Å². The van der Waals surface area contributed by atoms with Crippen molar-refractivity contribution in [3.63, 3.8) is 0 Å². The number of hydrogen-bond acceptors (Lipinski definition) is 4. The Balaban J connectivity index is 2.85. The smallest absolute Gasteiger partial charge is 0.184 e. The number of rotatable bonds is 2. The summed E-state index contributed by atoms with van der Waals surface area (Å²) in [5, 5.41) is 4.93. The Morgan fingerprint density at radius 1 is 1.17 bits per heavy atom. The summed E-state index contributed by atoms with van der Waals surface area (Å²) in [5.74, 6) is 0. The molecular weight excluding hydrogens is 282 g/mol. The highest BCUT2D eigenvalue weighted by Crippen LogP contribution is 2.20. The van der Waals surface area contributed by atoms with Gasteiger partial charge in [0, 0.05) is 17.6 Å². The van der Waals surface area contributed by atoms with Crippen LogP contribution in [-0.2, 0) is 0 Å². The van der Waals surface area contributed by atoms with Crippen molar-refractivity contribution < 1.29 is 0 Å². The lowest BCUT2D eigenvalue weighted by Crippen LogP contribution is -2.09. The molecule has 0 heterocycles. The number of aliphatic imine (C=N–C) groups is 2. The van der Waals surface area contributed by atoms with Crippen molar-refractivity contribution >= 4 is 51.3 Å². The minimum Gasteiger partial charge on any atom is -0.335 e. The molecule has 0 aromatic heterocycles. The SMILES string of the molecule is CN=C(/N=C(/Nc1cccc(SC)c1)SC)SC. The molecule has 0 aliphatic rings. The first-order valence-corrected chi connectivity index (χ1v) is 8.95. The average molecular weight is 299 g/mol. The Labute approximate surface area is 121 Å². The summed E-state index contributed by atoms with van der Waals surface area (Å²) in [5.41, 5.74) is 1.05. The van der Waals surface area contributed by atoms with Gasteiger partial charge in [-0.3, -0.25) is 4.99 Å². The summed E-state index contributed by atoms with van der Waals surface area (Å²) >= 11 is 4.84. The van der Waals surface area contributed by atoms with Gasteiger partial charge in [-0.05, 0) is 37.0 Å². The quantitative estimate of drug-likeness (QED) is 0.511. The van der Waals surface area contributed by atoms with Crippen LogP contribution in [0.2, 0.25) is 0 Å². The standard InChI is InChI=1S/C12H17N3S3/c1-13-11(17-3)15-12(18-4)14-9-6-5-7-10(8-9)16-2/h5-8H,1-4H3,(H,13,14,15). The molecule has 0 aliphatic heterocycles. The molecule has 0 radical (unpaired) electrons. The van der Waals surface area contributed by atoms with Crippen LogP contribution in [0.3, 0.4) is 0 Å². The number of nitrogens with one attached hydrogen (secondary N) is 1. The van der Waals surface area contributed by atoms with Gasteiger partial charge in [-0.2, -0.15) is 4.99 Å². The predicted octanol–water partition coefficient (Wildman–Crippen LogP) is 3.89. The molecule has 0 amide bonds. The summed E-state index contributed by atoms with van der Waals surface area (Å²) < 4.78 is 0. The zero-order chi connectivity index (χ0) is 13.4. The Morgan fingerprint density at radius 2 is 1.94 bits per heavy atom. The van der Waals surface area contributed by atoms with Crippen molar-refractivity contribution in [1.29, 1.82) is 0 Å². The molecule has 0 saturated carbocycles. The van der Waals surface area contributed by atoms with Crippen molar-refractivity contribution in [3.8, 4) is 0 Å². The maximum absolute atomic E-state index is 4.46. The molecule has 0 atom stereocenters. The van der Waals surface area contributed by atoms with Gasteiger partial charge in [0.2, 0.25) is 0 Å². The van der Waals surface area contributed by atoms with Crippen LogP contribution in [0.25, 0.3) is 0 Å². The van der Waals surface area contributed by atoms with Crippen LogP contribution in [-0.4, -0.2) is 36.2 Å². The number of amidine groups is 2. The fourth-order valence-electron chi connectivity index (χ4n) is 1.22. The van der Waals surface area contributed by atoms with Crippen molar-refractivity contribution in [2.45, 2.75) is 4.90 Å². The van der Waals surface area contributed by atoms with Crippen molar-refractivity contribution in [2.24, 2.45) is 9.98 Å². The van der Waals surface area contributed by atoms with Gasteiger partial charge in [-0.1, -0.05) is 29.6 Å². The normalized spacial score (nSPS) is 12.7.